The van der Waals surface area contributed by atoms with E-state index >= 15 is 0 Å². The number of nitro groups is 1. The van der Waals surface area contributed by atoms with Gasteiger partial charge >= 0.3 is 0 Å². The normalized spacial score (nSPS) is 20.8. The van der Waals surface area contributed by atoms with Crippen molar-refractivity contribution < 1.29 is 18.2 Å². The molecule has 1 aliphatic heterocycles. The summed E-state index contributed by atoms with van der Waals surface area (Å²) in [6.45, 7) is 2.35. The van der Waals surface area contributed by atoms with E-state index < -0.39 is 14.9 Å². The van der Waals surface area contributed by atoms with Gasteiger partial charge in [-0.15, -0.1) is 0 Å². The van der Waals surface area contributed by atoms with Gasteiger partial charge in [-0.2, -0.15) is 4.31 Å². The van der Waals surface area contributed by atoms with E-state index in [-0.39, 0.29) is 16.6 Å². The molecule has 0 unspecified atom stereocenters. The van der Waals surface area contributed by atoms with Crippen molar-refractivity contribution in [1.29, 1.82) is 0 Å². The number of benzene rings is 1. The molecule has 1 aliphatic carbocycles. The van der Waals surface area contributed by atoms with Gasteiger partial charge in [0.25, 0.3) is 5.69 Å². The number of sulfonamides is 1. The molecule has 0 atom stereocenters. The number of anilines is 1. The summed E-state index contributed by atoms with van der Waals surface area (Å²) < 4.78 is 27.1. The van der Waals surface area contributed by atoms with E-state index in [1.807, 2.05) is 7.05 Å². The third kappa shape index (κ3) is 4.16. The van der Waals surface area contributed by atoms with Gasteiger partial charge in [-0.05, 0) is 25.0 Å². The first-order valence-electron chi connectivity index (χ1n) is 9.24. The van der Waals surface area contributed by atoms with E-state index in [4.69, 9.17) is 0 Å². The second-order valence-corrected chi connectivity index (χ2v) is 9.21. The van der Waals surface area contributed by atoms with Crippen LogP contribution in [0, 0.1) is 10.1 Å². The highest BCUT2D eigenvalue weighted by Gasteiger charge is 2.31. The number of rotatable bonds is 5. The van der Waals surface area contributed by atoms with E-state index in [0.29, 0.717) is 18.8 Å². The summed E-state index contributed by atoms with van der Waals surface area (Å²) in [5.41, 5.74) is 0.236. The summed E-state index contributed by atoms with van der Waals surface area (Å²) in [7, 11) is -1.68. The third-order valence-electron chi connectivity index (χ3n) is 5.34. The molecule has 1 saturated carbocycles. The van der Waals surface area contributed by atoms with Gasteiger partial charge < -0.3 is 10.2 Å². The molecule has 2 N–H and O–H groups in total. The van der Waals surface area contributed by atoms with E-state index in [2.05, 4.69) is 5.32 Å². The number of nitro benzene ring substituents is 1. The predicted octanol–water partition coefficient (Wildman–Crippen LogP) is 0.858. The van der Waals surface area contributed by atoms with E-state index in [0.717, 1.165) is 38.8 Å². The first-order valence-corrected chi connectivity index (χ1v) is 10.7. The van der Waals surface area contributed by atoms with Crippen molar-refractivity contribution in [1.82, 2.24) is 4.31 Å². The Morgan fingerprint density at radius 1 is 1.19 bits per heavy atom. The SMILES string of the molecule is C[NH+]1CCN(S(=O)(=O)c2ccc(NC3CCCCC3)c([N+](=O)[O-])c2)CC1. The molecule has 1 aromatic carbocycles. The second kappa shape index (κ2) is 7.89. The Morgan fingerprint density at radius 3 is 2.46 bits per heavy atom. The molecule has 0 bridgehead atoms. The summed E-state index contributed by atoms with van der Waals surface area (Å²) in [4.78, 5) is 12.3. The van der Waals surface area contributed by atoms with Crippen LogP contribution in [0.15, 0.2) is 23.1 Å². The molecule has 8 nitrogen and oxygen atoms in total. The van der Waals surface area contributed by atoms with E-state index in [9.17, 15) is 18.5 Å². The number of nitrogens with zero attached hydrogens (tertiary/aromatic N) is 2. The van der Waals surface area contributed by atoms with Crippen molar-refractivity contribution in [3.8, 4) is 0 Å². The van der Waals surface area contributed by atoms with Crippen LogP contribution in [0.2, 0.25) is 0 Å². The highest BCUT2D eigenvalue weighted by molar-refractivity contribution is 7.89. The van der Waals surface area contributed by atoms with Crippen molar-refractivity contribution in [2.75, 3.05) is 38.5 Å². The largest absolute Gasteiger partial charge is 0.377 e. The number of piperazine rings is 1. The average molecular weight is 383 g/mol. The van der Waals surface area contributed by atoms with E-state index in [1.54, 1.807) is 6.07 Å². The van der Waals surface area contributed by atoms with E-state index in [1.165, 1.54) is 27.8 Å². The third-order valence-corrected chi connectivity index (χ3v) is 7.24. The smallest absolute Gasteiger partial charge is 0.293 e. The quantitative estimate of drug-likeness (QED) is 0.581. The topological polar surface area (TPSA) is 97.0 Å². The Morgan fingerprint density at radius 2 is 1.85 bits per heavy atom. The number of hydrogen-bond acceptors (Lipinski definition) is 5. The minimum absolute atomic E-state index is 0.00190. The highest BCUT2D eigenvalue weighted by atomic mass is 32.2. The standard InChI is InChI=1S/C17H26N4O4S/c1-19-9-11-20(12-10-19)26(24,25)15-7-8-16(17(13-15)21(22)23)18-14-5-3-2-4-6-14/h7-8,13-14,18H,2-6,9-12H2,1H3/p+1. The summed E-state index contributed by atoms with van der Waals surface area (Å²) in [6.07, 6.45) is 5.40. The fraction of sp³-hybridized carbons (Fsp3) is 0.647. The average Bonchev–Trinajstić information content (AvgIpc) is 2.63. The van der Waals surface area contributed by atoms with Crippen LogP contribution in [0.5, 0.6) is 0 Å². The Hall–Kier alpha value is -1.71. The second-order valence-electron chi connectivity index (χ2n) is 7.28. The Labute approximate surface area is 154 Å². The molecule has 3 rings (SSSR count). The lowest BCUT2D eigenvalue weighted by molar-refractivity contribution is -0.883. The van der Waals surface area contributed by atoms with Crippen LogP contribution < -0.4 is 10.2 Å². The number of likely N-dealkylation sites (N-methyl/N-ethyl adjacent to an activating group) is 1. The molecular formula is C17H27N4O4S+. The highest BCUT2D eigenvalue weighted by Crippen LogP contribution is 2.31. The molecule has 0 radical (unpaired) electrons. The maximum absolute atomic E-state index is 12.8. The van der Waals surface area contributed by atoms with Crippen molar-refractivity contribution >= 4 is 21.4 Å². The number of hydrogen-bond donors (Lipinski definition) is 2. The fourth-order valence-corrected chi connectivity index (χ4v) is 5.13. The zero-order valence-corrected chi connectivity index (χ0v) is 15.9. The van der Waals surface area contributed by atoms with Gasteiger partial charge in [0.15, 0.2) is 0 Å². The van der Waals surface area contributed by atoms with Crippen LogP contribution in [0.25, 0.3) is 0 Å². The summed E-state index contributed by atoms with van der Waals surface area (Å²) in [5.74, 6) is 0. The van der Waals surface area contributed by atoms with Gasteiger partial charge in [0.2, 0.25) is 10.0 Å². The van der Waals surface area contributed by atoms with Gasteiger partial charge in [-0.3, -0.25) is 10.1 Å². The molecule has 1 heterocycles. The van der Waals surface area contributed by atoms with Gasteiger partial charge in [0.05, 0.1) is 43.0 Å². The molecule has 1 saturated heterocycles. The Bertz CT molecular complexity index is 754. The fourth-order valence-electron chi connectivity index (χ4n) is 3.67. The molecule has 2 fully saturated rings. The lowest BCUT2D eigenvalue weighted by atomic mass is 9.95. The molecule has 1 aromatic rings. The Kier molecular flexibility index (Phi) is 5.79. The molecule has 2 aliphatic rings. The lowest BCUT2D eigenvalue weighted by Gasteiger charge is -2.29. The Balaban J connectivity index is 1.84. The summed E-state index contributed by atoms with van der Waals surface area (Å²) in [6, 6.07) is 4.44. The minimum atomic E-state index is -3.70. The lowest BCUT2D eigenvalue weighted by Crippen LogP contribution is -3.12. The molecule has 0 amide bonds. The number of quaternary nitrogens is 1. The van der Waals surface area contributed by atoms with Gasteiger partial charge in [-0.1, -0.05) is 19.3 Å². The van der Waals surface area contributed by atoms with Crippen molar-refractivity contribution in [3.63, 3.8) is 0 Å². The van der Waals surface area contributed by atoms with Gasteiger partial charge in [0, 0.05) is 12.1 Å². The minimum Gasteiger partial charge on any atom is -0.377 e. The first-order chi connectivity index (χ1) is 12.4. The van der Waals surface area contributed by atoms with Crippen molar-refractivity contribution in [3.05, 3.63) is 28.3 Å². The summed E-state index contributed by atoms with van der Waals surface area (Å²) in [5, 5.41) is 14.8. The van der Waals surface area contributed by atoms with Gasteiger partial charge in [0.1, 0.15) is 5.69 Å². The molecule has 9 heteroatoms. The maximum atomic E-state index is 12.8. The van der Waals surface area contributed by atoms with Crippen LogP contribution in [-0.2, 0) is 10.0 Å². The summed E-state index contributed by atoms with van der Waals surface area (Å²) >= 11 is 0. The zero-order valence-electron chi connectivity index (χ0n) is 15.1. The molecule has 26 heavy (non-hydrogen) atoms. The molecule has 144 valence electrons. The maximum Gasteiger partial charge on any atom is 0.293 e. The van der Waals surface area contributed by atoms with Crippen LogP contribution >= 0.6 is 0 Å². The first kappa shape index (κ1) is 19.1. The predicted molar refractivity (Wildman–Crippen MR) is 99.0 cm³/mol. The zero-order chi connectivity index (χ0) is 18.7. The monoisotopic (exact) mass is 383 g/mol. The van der Waals surface area contributed by atoms with Crippen LogP contribution in [0.3, 0.4) is 0 Å². The molecular weight excluding hydrogens is 356 g/mol. The van der Waals surface area contributed by atoms with Crippen molar-refractivity contribution in [2.45, 2.75) is 43.0 Å². The molecule has 0 spiro atoms. The molecule has 0 aromatic heterocycles. The van der Waals surface area contributed by atoms with Crippen LogP contribution in [0.4, 0.5) is 11.4 Å². The van der Waals surface area contributed by atoms with Crippen LogP contribution in [-0.4, -0.2) is 56.9 Å². The van der Waals surface area contributed by atoms with Crippen molar-refractivity contribution in [2.24, 2.45) is 0 Å². The van der Waals surface area contributed by atoms with Gasteiger partial charge in [-0.25, -0.2) is 8.42 Å². The number of nitrogens with one attached hydrogen (secondary N) is 2. The van der Waals surface area contributed by atoms with Crippen LogP contribution in [0.1, 0.15) is 32.1 Å².